The number of hydrogen-bond acceptors (Lipinski definition) is 4. The fraction of sp³-hybridized carbons (Fsp3) is 0.333. The zero-order valence-electron chi connectivity index (χ0n) is 15.5. The number of halogens is 2. The molecule has 0 aliphatic carbocycles. The van der Waals surface area contributed by atoms with E-state index in [1.807, 2.05) is 25.1 Å². The molecule has 0 amide bonds. The summed E-state index contributed by atoms with van der Waals surface area (Å²) in [4.78, 5) is 8.52. The SMILES string of the molecule is CN=C(NCc1cccc(C)n1)NCc1cc(F)ccc1CS(C)(=O)=O.I. The number of guanidine groups is 1. The van der Waals surface area contributed by atoms with Crippen LogP contribution in [0.15, 0.2) is 41.4 Å². The van der Waals surface area contributed by atoms with Crippen LogP contribution in [0.4, 0.5) is 4.39 Å². The van der Waals surface area contributed by atoms with Gasteiger partial charge >= 0.3 is 0 Å². The summed E-state index contributed by atoms with van der Waals surface area (Å²) in [7, 11) is -1.58. The molecule has 9 heteroatoms. The Hall–Kier alpha value is -1.75. The first-order valence-electron chi connectivity index (χ1n) is 8.09. The Labute approximate surface area is 176 Å². The van der Waals surface area contributed by atoms with Gasteiger partial charge in [0.2, 0.25) is 0 Å². The molecule has 0 spiro atoms. The standard InChI is InChI=1S/C18H23FN4O2S.HI/c1-13-5-4-6-17(23-13)11-22-18(20-2)21-10-15-9-16(19)8-7-14(15)12-26(3,24)25;/h4-9H,10-12H2,1-3H3,(H2,20,21,22);1H. The monoisotopic (exact) mass is 506 g/mol. The lowest BCUT2D eigenvalue weighted by Crippen LogP contribution is -2.36. The highest BCUT2D eigenvalue weighted by atomic mass is 127. The zero-order chi connectivity index (χ0) is 19.2. The molecule has 6 nitrogen and oxygen atoms in total. The van der Waals surface area contributed by atoms with Crippen LogP contribution in [0.25, 0.3) is 0 Å². The van der Waals surface area contributed by atoms with Crippen molar-refractivity contribution in [3.63, 3.8) is 0 Å². The van der Waals surface area contributed by atoms with Crippen molar-refractivity contribution in [3.8, 4) is 0 Å². The maximum absolute atomic E-state index is 13.6. The van der Waals surface area contributed by atoms with E-state index in [4.69, 9.17) is 0 Å². The van der Waals surface area contributed by atoms with E-state index in [1.54, 1.807) is 7.05 Å². The van der Waals surface area contributed by atoms with Crippen molar-refractivity contribution in [1.82, 2.24) is 15.6 Å². The van der Waals surface area contributed by atoms with Gasteiger partial charge in [0.25, 0.3) is 0 Å². The fourth-order valence-corrected chi connectivity index (χ4v) is 3.30. The highest BCUT2D eigenvalue weighted by Crippen LogP contribution is 2.14. The van der Waals surface area contributed by atoms with Gasteiger partial charge in [0.15, 0.2) is 15.8 Å². The molecule has 148 valence electrons. The lowest BCUT2D eigenvalue weighted by Gasteiger charge is -2.14. The van der Waals surface area contributed by atoms with Crippen LogP contribution in [-0.4, -0.2) is 32.7 Å². The van der Waals surface area contributed by atoms with E-state index in [1.165, 1.54) is 18.2 Å². The fourth-order valence-electron chi connectivity index (χ4n) is 2.45. The maximum atomic E-state index is 13.6. The Bertz CT molecular complexity index is 904. The van der Waals surface area contributed by atoms with Gasteiger partial charge < -0.3 is 10.6 Å². The quantitative estimate of drug-likeness (QED) is 0.358. The molecule has 1 heterocycles. The second-order valence-electron chi connectivity index (χ2n) is 6.03. The lowest BCUT2D eigenvalue weighted by atomic mass is 10.1. The van der Waals surface area contributed by atoms with Gasteiger partial charge in [0, 0.05) is 25.5 Å². The van der Waals surface area contributed by atoms with Crippen molar-refractivity contribution in [2.45, 2.75) is 25.8 Å². The van der Waals surface area contributed by atoms with Gasteiger partial charge in [-0.1, -0.05) is 12.1 Å². The Balaban J connectivity index is 0.00000364. The minimum absolute atomic E-state index is 0. The van der Waals surface area contributed by atoms with Crippen LogP contribution in [-0.2, 0) is 28.7 Å². The lowest BCUT2D eigenvalue weighted by molar-refractivity contribution is 0.599. The Morgan fingerprint density at radius 2 is 1.85 bits per heavy atom. The van der Waals surface area contributed by atoms with Crippen molar-refractivity contribution in [2.75, 3.05) is 13.3 Å². The highest BCUT2D eigenvalue weighted by molar-refractivity contribution is 14.0. The number of nitrogens with one attached hydrogen (secondary N) is 2. The molecule has 0 radical (unpaired) electrons. The summed E-state index contributed by atoms with van der Waals surface area (Å²) in [5.41, 5.74) is 2.94. The zero-order valence-corrected chi connectivity index (χ0v) is 18.6. The number of nitrogens with zero attached hydrogens (tertiary/aromatic N) is 2. The average Bonchev–Trinajstić information content (AvgIpc) is 2.56. The summed E-state index contributed by atoms with van der Waals surface area (Å²) in [5, 5.41) is 6.20. The van der Waals surface area contributed by atoms with Crippen LogP contribution >= 0.6 is 24.0 Å². The molecule has 0 atom stereocenters. The normalized spacial score (nSPS) is 11.6. The Morgan fingerprint density at radius 3 is 2.48 bits per heavy atom. The minimum Gasteiger partial charge on any atom is -0.352 e. The smallest absolute Gasteiger partial charge is 0.191 e. The van der Waals surface area contributed by atoms with Crippen LogP contribution in [0.3, 0.4) is 0 Å². The van der Waals surface area contributed by atoms with E-state index >= 15 is 0 Å². The summed E-state index contributed by atoms with van der Waals surface area (Å²) in [6.45, 7) is 2.66. The number of rotatable bonds is 6. The van der Waals surface area contributed by atoms with Gasteiger partial charge in [-0.2, -0.15) is 0 Å². The van der Waals surface area contributed by atoms with E-state index in [0.29, 0.717) is 23.6 Å². The van der Waals surface area contributed by atoms with Gasteiger partial charge in [-0.25, -0.2) is 12.8 Å². The third-order valence-electron chi connectivity index (χ3n) is 3.64. The largest absolute Gasteiger partial charge is 0.352 e. The predicted octanol–water partition coefficient (Wildman–Crippen LogP) is 2.56. The van der Waals surface area contributed by atoms with Crippen LogP contribution in [0.5, 0.6) is 0 Å². The molecule has 27 heavy (non-hydrogen) atoms. The molecule has 0 fully saturated rings. The molecule has 0 saturated heterocycles. The van der Waals surface area contributed by atoms with Crippen LogP contribution in [0.1, 0.15) is 22.5 Å². The summed E-state index contributed by atoms with van der Waals surface area (Å²) in [6.07, 6.45) is 1.16. The predicted molar refractivity (Wildman–Crippen MR) is 116 cm³/mol. The van der Waals surface area contributed by atoms with E-state index in [-0.39, 0.29) is 36.3 Å². The summed E-state index contributed by atoms with van der Waals surface area (Å²) >= 11 is 0. The number of sulfone groups is 1. The van der Waals surface area contributed by atoms with E-state index in [9.17, 15) is 12.8 Å². The highest BCUT2D eigenvalue weighted by Gasteiger charge is 2.11. The number of benzene rings is 1. The van der Waals surface area contributed by atoms with Crippen molar-refractivity contribution in [3.05, 3.63) is 64.7 Å². The summed E-state index contributed by atoms with van der Waals surface area (Å²) in [5.74, 6) is -0.0300. The van der Waals surface area contributed by atoms with Gasteiger partial charge in [0.05, 0.1) is 18.0 Å². The number of aromatic nitrogens is 1. The maximum Gasteiger partial charge on any atom is 0.191 e. The molecule has 2 aromatic rings. The molecule has 0 bridgehead atoms. The van der Waals surface area contributed by atoms with Crippen molar-refractivity contribution >= 4 is 39.8 Å². The minimum atomic E-state index is -3.21. The molecule has 1 aromatic carbocycles. The van der Waals surface area contributed by atoms with Crippen molar-refractivity contribution < 1.29 is 12.8 Å². The van der Waals surface area contributed by atoms with Crippen LogP contribution in [0, 0.1) is 12.7 Å². The molecular weight excluding hydrogens is 482 g/mol. The molecule has 1 aromatic heterocycles. The first-order valence-corrected chi connectivity index (χ1v) is 10.1. The van der Waals surface area contributed by atoms with E-state index < -0.39 is 15.7 Å². The molecule has 0 saturated carbocycles. The summed E-state index contributed by atoms with van der Waals surface area (Å²) in [6, 6.07) is 9.86. The first kappa shape index (κ1) is 23.3. The number of pyridine rings is 1. The topological polar surface area (TPSA) is 83.4 Å². The molecular formula is C18H24FIN4O2S. The second kappa shape index (κ2) is 10.5. The van der Waals surface area contributed by atoms with Crippen LogP contribution < -0.4 is 10.6 Å². The van der Waals surface area contributed by atoms with Gasteiger partial charge in [-0.05, 0) is 42.3 Å². The third kappa shape index (κ3) is 8.21. The number of aryl methyl sites for hydroxylation is 1. The van der Waals surface area contributed by atoms with Crippen LogP contribution in [0.2, 0.25) is 0 Å². The van der Waals surface area contributed by atoms with Gasteiger partial charge in [-0.3, -0.25) is 9.98 Å². The average molecular weight is 506 g/mol. The molecule has 2 N–H and O–H groups in total. The van der Waals surface area contributed by atoms with Gasteiger partial charge in [-0.15, -0.1) is 24.0 Å². The Morgan fingerprint density at radius 1 is 1.15 bits per heavy atom. The van der Waals surface area contributed by atoms with Crippen molar-refractivity contribution in [1.29, 1.82) is 0 Å². The van der Waals surface area contributed by atoms with Crippen molar-refractivity contribution in [2.24, 2.45) is 4.99 Å². The number of hydrogen-bond donors (Lipinski definition) is 2. The molecule has 0 unspecified atom stereocenters. The second-order valence-corrected chi connectivity index (χ2v) is 8.17. The third-order valence-corrected chi connectivity index (χ3v) is 4.47. The number of aliphatic imine (C=N–C) groups is 1. The Kier molecular flexibility index (Phi) is 9.10. The molecule has 0 aliphatic heterocycles. The summed E-state index contributed by atoms with van der Waals surface area (Å²) < 4.78 is 36.7. The van der Waals surface area contributed by atoms with Gasteiger partial charge in [0.1, 0.15) is 5.82 Å². The van der Waals surface area contributed by atoms with E-state index in [0.717, 1.165) is 17.6 Å². The molecule has 0 aliphatic rings. The first-order chi connectivity index (χ1) is 12.3. The van der Waals surface area contributed by atoms with E-state index in [2.05, 4.69) is 20.6 Å². The molecule has 2 rings (SSSR count).